The molecule has 2 unspecified atom stereocenters. The van der Waals surface area contributed by atoms with E-state index in [9.17, 15) is 23.1 Å². The van der Waals surface area contributed by atoms with E-state index in [2.05, 4.69) is 0 Å². The van der Waals surface area contributed by atoms with Gasteiger partial charge in [-0.15, -0.1) is 0 Å². The first-order valence-electron chi connectivity index (χ1n) is 6.16. The van der Waals surface area contributed by atoms with Crippen molar-refractivity contribution < 1.29 is 27.8 Å². The van der Waals surface area contributed by atoms with E-state index in [4.69, 9.17) is 4.74 Å². The van der Waals surface area contributed by atoms with Crippen molar-refractivity contribution in [3.8, 4) is 5.75 Å². The highest BCUT2D eigenvalue weighted by Crippen LogP contribution is 2.38. The minimum Gasteiger partial charge on any atom is -0.497 e. The third-order valence-corrected chi connectivity index (χ3v) is 3.30. The molecule has 0 radical (unpaired) electrons. The molecule has 20 heavy (non-hydrogen) atoms. The van der Waals surface area contributed by atoms with Gasteiger partial charge in [0.1, 0.15) is 5.75 Å². The van der Waals surface area contributed by atoms with Crippen LogP contribution in [0.25, 0.3) is 0 Å². The minimum atomic E-state index is -4.99. The van der Waals surface area contributed by atoms with Crippen LogP contribution in [0.15, 0.2) is 24.3 Å². The fourth-order valence-corrected chi connectivity index (χ4v) is 2.00. The lowest BCUT2D eigenvalue weighted by Crippen LogP contribution is -2.47. The van der Waals surface area contributed by atoms with Crippen LogP contribution < -0.4 is 4.74 Å². The molecule has 0 aliphatic carbocycles. The topological polar surface area (TPSA) is 46.5 Å². The Morgan fingerprint density at radius 1 is 1.40 bits per heavy atom. The SMILES string of the molecule is CCC(CC(O)(C=O)C(F)(F)F)c1cccc(OC)c1. The van der Waals surface area contributed by atoms with Gasteiger partial charge >= 0.3 is 6.18 Å². The summed E-state index contributed by atoms with van der Waals surface area (Å²) in [4.78, 5) is 10.7. The first-order chi connectivity index (χ1) is 9.27. The van der Waals surface area contributed by atoms with Crippen LogP contribution in [0.2, 0.25) is 0 Å². The van der Waals surface area contributed by atoms with Gasteiger partial charge in [-0.3, -0.25) is 4.79 Å². The number of methoxy groups -OCH3 is 1. The Labute approximate surface area is 115 Å². The molecule has 0 aromatic heterocycles. The zero-order valence-electron chi connectivity index (χ0n) is 11.3. The second-order valence-corrected chi connectivity index (χ2v) is 4.63. The lowest BCUT2D eigenvalue weighted by Gasteiger charge is -2.29. The number of aliphatic hydroxyl groups is 1. The van der Waals surface area contributed by atoms with Gasteiger partial charge in [0.15, 0.2) is 6.29 Å². The van der Waals surface area contributed by atoms with Crippen LogP contribution in [0.4, 0.5) is 13.2 Å². The lowest BCUT2D eigenvalue weighted by molar-refractivity contribution is -0.247. The van der Waals surface area contributed by atoms with Crippen LogP contribution in [0, 0.1) is 0 Å². The Kier molecular flexibility index (Phi) is 5.16. The Hall–Kier alpha value is -1.56. The molecule has 1 aromatic carbocycles. The van der Waals surface area contributed by atoms with Gasteiger partial charge in [0.25, 0.3) is 0 Å². The van der Waals surface area contributed by atoms with Crippen molar-refractivity contribution >= 4 is 6.29 Å². The van der Waals surface area contributed by atoms with Gasteiger partial charge in [-0.1, -0.05) is 19.1 Å². The predicted molar refractivity (Wildman–Crippen MR) is 67.7 cm³/mol. The smallest absolute Gasteiger partial charge is 0.424 e. The number of halogens is 3. The third kappa shape index (κ3) is 3.50. The number of rotatable bonds is 6. The largest absolute Gasteiger partial charge is 0.497 e. The molecule has 0 aliphatic heterocycles. The van der Waals surface area contributed by atoms with E-state index in [0.29, 0.717) is 17.7 Å². The summed E-state index contributed by atoms with van der Waals surface area (Å²) in [6.07, 6.45) is -5.76. The quantitative estimate of drug-likeness (QED) is 0.819. The van der Waals surface area contributed by atoms with E-state index in [1.54, 1.807) is 31.2 Å². The van der Waals surface area contributed by atoms with E-state index >= 15 is 0 Å². The summed E-state index contributed by atoms with van der Waals surface area (Å²) in [6.45, 7) is 1.70. The normalized spacial score (nSPS) is 16.3. The zero-order chi connectivity index (χ0) is 15.4. The fraction of sp³-hybridized carbons (Fsp3) is 0.500. The number of carbonyl (C=O) groups excluding carboxylic acids is 1. The number of benzene rings is 1. The Morgan fingerprint density at radius 2 is 2.05 bits per heavy atom. The van der Waals surface area contributed by atoms with Crippen LogP contribution in [0.3, 0.4) is 0 Å². The molecule has 0 saturated heterocycles. The van der Waals surface area contributed by atoms with Gasteiger partial charge in [0, 0.05) is 0 Å². The van der Waals surface area contributed by atoms with Gasteiger partial charge in [0.2, 0.25) is 5.60 Å². The maximum atomic E-state index is 12.8. The monoisotopic (exact) mass is 290 g/mol. The van der Waals surface area contributed by atoms with E-state index in [-0.39, 0.29) is 0 Å². The van der Waals surface area contributed by atoms with Crippen molar-refractivity contribution in [2.45, 2.75) is 37.5 Å². The van der Waals surface area contributed by atoms with Crippen LogP contribution >= 0.6 is 0 Å². The van der Waals surface area contributed by atoms with E-state index < -0.39 is 30.4 Å². The maximum Gasteiger partial charge on any atom is 0.424 e. The molecule has 0 spiro atoms. The number of alkyl halides is 3. The summed E-state index contributed by atoms with van der Waals surface area (Å²) in [6, 6.07) is 6.59. The van der Waals surface area contributed by atoms with Gasteiger partial charge in [-0.25, -0.2) is 0 Å². The highest BCUT2D eigenvalue weighted by molar-refractivity contribution is 5.64. The molecule has 1 N–H and O–H groups in total. The van der Waals surface area contributed by atoms with Crippen LogP contribution in [0.1, 0.15) is 31.2 Å². The van der Waals surface area contributed by atoms with Crippen molar-refractivity contribution in [3.63, 3.8) is 0 Å². The van der Waals surface area contributed by atoms with Gasteiger partial charge in [0.05, 0.1) is 7.11 Å². The molecule has 0 bridgehead atoms. The molecule has 0 fully saturated rings. The number of ether oxygens (including phenoxy) is 1. The number of hydrogen-bond donors (Lipinski definition) is 1. The lowest BCUT2D eigenvalue weighted by atomic mass is 9.84. The second-order valence-electron chi connectivity index (χ2n) is 4.63. The summed E-state index contributed by atoms with van der Waals surface area (Å²) in [5.74, 6) is -0.0791. The summed E-state index contributed by atoms with van der Waals surface area (Å²) < 4.78 is 43.3. The number of aldehydes is 1. The number of carbonyl (C=O) groups is 1. The molecule has 3 nitrogen and oxygen atoms in total. The highest BCUT2D eigenvalue weighted by atomic mass is 19.4. The van der Waals surface area contributed by atoms with Crippen molar-refractivity contribution in [1.29, 1.82) is 0 Å². The van der Waals surface area contributed by atoms with Crippen molar-refractivity contribution in [2.75, 3.05) is 7.11 Å². The van der Waals surface area contributed by atoms with Crippen LogP contribution in [-0.2, 0) is 4.79 Å². The molecular weight excluding hydrogens is 273 g/mol. The average Bonchev–Trinajstić information content (AvgIpc) is 2.43. The van der Waals surface area contributed by atoms with Crippen molar-refractivity contribution in [3.05, 3.63) is 29.8 Å². The third-order valence-electron chi connectivity index (χ3n) is 3.30. The first-order valence-corrected chi connectivity index (χ1v) is 6.16. The summed E-state index contributed by atoms with van der Waals surface area (Å²) in [7, 11) is 1.46. The van der Waals surface area contributed by atoms with Gasteiger partial charge in [-0.05, 0) is 36.5 Å². The molecule has 2 atom stereocenters. The summed E-state index contributed by atoms with van der Waals surface area (Å²) in [5.41, 5.74) is -2.73. The molecule has 6 heteroatoms. The summed E-state index contributed by atoms with van der Waals surface area (Å²) >= 11 is 0. The van der Waals surface area contributed by atoms with E-state index in [1.807, 2.05) is 0 Å². The maximum absolute atomic E-state index is 12.8. The Balaban J connectivity index is 3.04. The Bertz CT molecular complexity index is 459. The molecule has 1 aromatic rings. The van der Waals surface area contributed by atoms with Crippen LogP contribution in [-0.4, -0.2) is 30.3 Å². The molecule has 0 amide bonds. The van der Waals surface area contributed by atoms with Crippen molar-refractivity contribution in [1.82, 2.24) is 0 Å². The molecule has 0 heterocycles. The van der Waals surface area contributed by atoms with Crippen LogP contribution in [0.5, 0.6) is 5.75 Å². The molecule has 1 rings (SSSR count). The fourth-order valence-electron chi connectivity index (χ4n) is 2.00. The zero-order valence-corrected chi connectivity index (χ0v) is 11.3. The van der Waals surface area contributed by atoms with Gasteiger partial charge < -0.3 is 9.84 Å². The predicted octanol–water partition coefficient (Wildman–Crippen LogP) is 3.07. The average molecular weight is 290 g/mol. The molecule has 112 valence electrons. The highest BCUT2D eigenvalue weighted by Gasteiger charge is 2.54. The second kappa shape index (κ2) is 6.26. The van der Waals surface area contributed by atoms with Crippen molar-refractivity contribution in [2.24, 2.45) is 0 Å². The van der Waals surface area contributed by atoms with Gasteiger partial charge in [-0.2, -0.15) is 13.2 Å². The first kappa shape index (κ1) is 16.5. The molecule has 0 saturated carbocycles. The van der Waals surface area contributed by atoms with E-state index in [1.165, 1.54) is 7.11 Å². The summed E-state index contributed by atoms with van der Waals surface area (Å²) in [5, 5.41) is 9.52. The Morgan fingerprint density at radius 3 is 2.50 bits per heavy atom. The molecule has 0 aliphatic rings. The van der Waals surface area contributed by atoms with E-state index in [0.717, 1.165) is 0 Å². The minimum absolute atomic E-state index is 0.361. The number of hydrogen-bond acceptors (Lipinski definition) is 3. The standard InChI is InChI=1S/C14H17F3O3/c1-3-10(8-13(19,9-18)14(15,16)17)11-5-4-6-12(7-11)20-2/h4-7,9-10,19H,3,8H2,1-2H3. The molecular formula is C14H17F3O3.